The van der Waals surface area contributed by atoms with Gasteiger partial charge < -0.3 is 5.11 Å². The highest BCUT2D eigenvalue weighted by molar-refractivity contribution is 6.22. The summed E-state index contributed by atoms with van der Waals surface area (Å²) in [6.45, 7) is 5.06. The lowest BCUT2D eigenvalue weighted by molar-refractivity contribution is -0.120. The van der Waals surface area contributed by atoms with E-state index < -0.39 is 5.60 Å². The normalized spacial score (nSPS) is 27.3. The summed E-state index contributed by atoms with van der Waals surface area (Å²) >= 11 is 0. The Hall–Kier alpha value is -0.960. The van der Waals surface area contributed by atoms with Crippen LogP contribution in [0.5, 0.6) is 0 Å². The monoisotopic (exact) mass is 196 g/mol. The average Bonchev–Trinajstić information content (AvgIpc) is 2.37. The van der Waals surface area contributed by atoms with E-state index in [0.717, 1.165) is 0 Å². The first-order chi connectivity index (χ1) is 6.46. The van der Waals surface area contributed by atoms with Crippen LogP contribution in [0.1, 0.15) is 40.0 Å². The molecular weight excluding hydrogens is 180 g/mol. The Labute approximate surface area is 83.8 Å². The zero-order valence-electron chi connectivity index (χ0n) is 8.89. The molecule has 3 nitrogen and oxygen atoms in total. The number of hydrogen-bond donors (Lipinski definition) is 1. The van der Waals surface area contributed by atoms with Crippen LogP contribution in [0, 0.1) is 0 Å². The largest absolute Gasteiger partial charge is 0.385 e. The molecule has 1 rings (SSSR count). The summed E-state index contributed by atoms with van der Waals surface area (Å²) in [4.78, 5) is 22.8. The van der Waals surface area contributed by atoms with E-state index >= 15 is 0 Å². The summed E-state index contributed by atoms with van der Waals surface area (Å²) in [6.07, 6.45) is 1.12. The van der Waals surface area contributed by atoms with Gasteiger partial charge in [-0.2, -0.15) is 0 Å². The molecule has 14 heavy (non-hydrogen) atoms. The fourth-order valence-electron chi connectivity index (χ4n) is 2.11. The summed E-state index contributed by atoms with van der Waals surface area (Å²) in [5.41, 5.74) is -0.207. The first-order valence-electron chi connectivity index (χ1n) is 4.96. The number of aliphatic hydroxyl groups is 1. The minimum absolute atomic E-state index is 0.0710. The molecule has 1 aliphatic carbocycles. The zero-order chi connectivity index (χ0) is 10.9. The van der Waals surface area contributed by atoms with Crippen LogP contribution in [0.3, 0.4) is 0 Å². The van der Waals surface area contributed by atoms with Crippen molar-refractivity contribution in [3.8, 4) is 0 Å². The number of hydrogen-bond acceptors (Lipinski definition) is 3. The van der Waals surface area contributed by atoms with Crippen molar-refractivity contribution >= 4 is 11.6 Å². The molecule has 0 radical (unpaired) electrons. The van der Waals surface area contributed by atoms with Crippen LogP contribution < -0.4 is 0 Å². The fourth-order valence-corrected chi connectivity index (χ4v) is 2.11. The number of carbonyl (C=O) groups is 2. The molecule has 1 aliphatic rings. The first kappa shape index (κ1) is 11.1. The van der Waals surface area contributed by atoms with Gasteiger partial charge in [0.15, 0.2) is 11.6 Å². The average molecular weight is 196 g/mol. The highest BCUT2D eigenvalue weighted by Gasteiger charge is 2.42. The number of carbonyl (C=O) groups excluding carboxylic acids is 2. The zero-order valence-corrected chi connectivity index (χ0v) is 8.89. The molecule has 78 valence electrons. The lowest BCUT2D eigenvalue weighted by atomic mass is 9.90. The number of rotatable bonds is 3. The maximum Gasteiger partial charge on any atom is 0.169 e. The van der Waals surface area contributed by atoms with Crippen LogP contribution in [-0.2, 0) is 9.59 Å². The van der Waals surface area contributed by atoms with Gasteiger partial charge in [0, 0.05) is 6.42 Å². The molecule has 0 heterocycles. The van der Waals surface area contributed by atoms with Crippen molar-refractivity contribution in [2.75, 3.05) is 0 Å². The van der Waals surface area contributed by atoms with Gasteiger partial charge in [-0.15, -0.1) is 0 Å². The molecule has 0 saturated heterocycles. The molecule has 1 N–H and O–H groups in total. The Morgan fingerprint density at radius 1 is 1.50 bits per heavy atom. The van der Waals surface area contributed by atoms with Gasteiger partial charge in [0.05, 0.1) is 11.2 Å². The Bertz CT molecular complexity index is 314. The Morgan fingerprint density at radius 3 is 2.43 bits per heavy atom. The summed E-state index contributed by atoms with van der Waals surface area (Å²) in [5, 5.41) is 10.1. The van der Waals surface area contributed by atoms with Crippen molar-refractivity contribution < 1.29 is 14.7 Å². The molecule has 0 spiro atoms. The molecule has 0 aromatic heterocycles. The van der Waals surface area contributed by atoms with Crippen LogP contribution in [0.25, 0.3) is 0 Å². The maximum absolute atomic E-state index is 11.5. The third-order valence-corrected chi connectivity index (χ3v) is 2.89. The van der Waals surface area contributed by atoms with E-state index in [2.05, 4.69) is 0 Å². The van der Waals surface area contributed by atoms with Gasteiger partial charge in [-0.25, -0.2) is 0 Å². The van der Waals surface area contributed by atoms with Crippen LogP contribution in [-0.4, -0.2) is 22.3 Å². The quantitative estimate of drug-likeness (QED) is 0.694. The van der Waals surface area contributed by atoms with Crippen molar-refractivity contribution in [3.63, 3.8) is 0 Å². The van der Waals surface area contributed by atoms with Gasteiger partial charge in [0.1, 0.15) is 0 Å². The second kappa shape index (κ2) is 3.65. The first-order valence-corrected chi connectivity index (χ1v) is 4.96. The lowest BCUT2D eigenvalue weighted by Crippen LogP contribution is -2.27. The van der Waals surface area contributed by atoms with E-state index in [-0.39, 0.29) is 23.6 Å². The van der Waals surface area contributed by atoms with Gasteiger partial charge >= 0.3 is 0 Å². The smallest absolute Gasteiger partial charge is 0.169 e. The lowest BCUT2D eigenvalue weighted by Gasteiger charge is -2.23. The minimum Gasteiger partial charge on any atom is -0.385 e. The van der Waals surface area contributed by atoms with E-state index in [4.69, 9.17) is 0 Å². The second-order valence-electron chi connectivity index (χ2n) is 3.75. The molecule has 0 amide bonds. The summed E-state index contributed by atoms with van der Waals surface area (Å²) in [6, 6.07) is 0. The van der Waals surface area contributed by atoms with Gasteiger partial charge in [-0.3, -0.25) is 9.59 Å². The highest BCUT2D eigenvalue weighted by atomic mass is 16.3. The summed E-state index contributed by atoms with van der Waals surface area (Å²) < 4.78 is 0. The fraction of sp³-hybridized carbons (Fsp3) is 0.636. The van der Waals surface area contributed by atoms with Crippen molar-refractivity contribution in [1.29, 1.82) is 0 Å². The van der Waals surface area contributed by atoms with Crippen LogP contribution in [0.15, 0.2) is 11.1 Å². The minimum atomic E-state index is -1.06. The predicted octanol–water partition coefficient (Wildman–Crippen LogP) is 1.40. The van der Waals surface area contributed by atoms with Crippen molar-refractivity contribution in [1.82, 2.24) is 0 Å². The second-order valence-corrected chi connectivity index (χ2v) is 3.75. The third kappa shape index (κ3) is 1.52. The van der Waals surface area contributed by atoms with Crippen molar-refractivity contribution in [3.05, 3.63) is 11.1 Å². The van der Waals surface area contributed by atoms with E-state index in [1.165, 1.54) is 6.92 Å². The molecule has 0 fully saturated rings. The molecule has 0 saturated carbocycles. The molecule has 1 unspecified atom stereocenters. The van der Waals surface area contributed by atoms with Gasteiger partial charge in [0.25, 0.3) is 0 Å². The molecule has 0 aliphatic heterocycles. The van der Waals surface area contributed by atoms with E-state index in [1.807, 2.05) is 13.8 Å². The van der Waals surface area contributed by atoms with Crippen LogP contribution in [0.2, 0.25) is 0 Å². The van der Waals surface area contributed by atoms with Crippen LogP contribution >= 0.6 is 0 Å². The van der Waals surface area contributed by atoms with E-state index in [0.29, 0.717) is 18.4 Å². The van der Waals surface area contributed by atoms with Gasteiger partial charge in [-0.05, 0) is 25.3 Å². The highest BCUT2D eigenvalue weighted by Crippen LogP contribution is 2.37. The SMILES string of the molecule is CCC1=C(C(C)=O)C(=O)CC1(O)CC. The van der Waals surface area contributed by atoms with E-state index in [1.54, 1.807) is 0 Å². The van der Waals surface area contributed by atoms with Crippen molar-refractivity contribution in [2.45, 2.75) is 45.6 Å². The summed E-state index contributed by atoms with van der Waals surface area (Å²) in [5.74, 6) is -0.435. The Balaban J connectivity index is 3.25. The molecule has 0 aromatic carbocycles. The topological polar surface area (TPSA) is 54.4 Å². The van der Waals surface area contributed by atoms with Gasteiger partial charge in [-0.1, -0.05) is 13.8 Å². The van der Waals surface area contributed by atoms with Gasteiger partial charge in [0.2, 0.25) is 0 Å². The molecular formula is C11H16O3. The Kier molecular flexibility index (Phi) is 2.90. The standard InChI is InChI=1S/C11H16O3/c1-4-8-10(7(3)12)9(13)6-11(8,14)5-2/h14H,4-6H2,1-3H3. The molecule has 3 heteroatoms. The predicted molar refractivity (Wildman–Crippen MR) is 52.9 cm³/mol. The molecule has 0 aromatic rings. The maximum atomic E-state index is 11.5. The third-order valence-electron chi connectivity index (χ3n) is 2.89. The van der Waals surface area contributed by atoms with Crippen LogP contribution in [0.4, 0.5) is 0 Å². The molecule has 1 atom stereocenters. The number of Topliss-reactive ketones (excluding diaryl/α,β-unsaturated/α-hetero) is 2. The number of allylic oxidation sites excluding steroid dienone is 1. The van der Waals surface area contributed by atoms with E-state index in [9.17, 15) is 14.7 Å². The molecule has 0 bridgehead atoms. The van der Waals surface area contributed by atoms with Crippen molar-refractivity contribution in [2.24, 2.45) is 0 Å². The Morgan fingerprint density at radius 2 is 2.07 bits per heavy atom. The summed E-state index contributed by atoms with van der Waals surface area (Å²) in [7, 11) is 0. The number of ketones is 2.